The number of methoxy groups -OCH3 is 1. The Kier molecular flexibility index (Phi) is 8.24. The Morgan fingerprint density at radius 1 is 1.15 bits per heavy atom. The molecule has 0 aliphatic carbocycles. The van der Waals surface area contributed by atoms with E-state index in [4.69, 9.17) is 9.47 Å². The molecular weight excluding hydrogens is 427 g/mol. The average Bonchev–Trinajstić information content (AvgIpc) is 2.80. The molecule has 0 saturated heterocycles. The first-order valence-corrected chi connectivity index (χ1v) is 10.9. The van der Waals surface area contributed by atoms with Gasteiger partial charge in [-0.3, -0.25) is 4.79 Å². The zero-order valence-electron chi connectivity index (χ0n) is 19.4. The fourth-order valence-corrected chi connectivity index (χ4v) is 3.56. The minimum Gasteiger partial charge on any atom is -0.491 e. The SMILES string of the molecule is CO[C@@H]1CN(C)C(=O)c2ccc(NC(=O)Nc3ccc(F)cc3)cc2OC[C@@H](C)NC[C@@H]1C. The van der Waals surface area contributed by atoms with E-state index < -0.39 is 6.03 Å². The molecule has 0 fully saturated rings. The van der Waals surface area contributed by atoms with Crippen LogP contribution in [-0.4, -0.2) is 62.8 Å². The number of carbonyl (C=O) groups excluding carboxylic acids is 2. The lowest BCUT2D eigenvalue weighted by atomic mass is 10.0. The highest BCUT2D eigenvalue weighted by molar-refractivity contribution is 6.01. The monoisotopic (exact) mass is 458 g/mol. The Balaban J connectivity index is 1.80. The smallest absolute Gasteiger partial charge is 0.323 e. The van der Waals surface area contributed by atoms with Crippen molar-refractivity contribution < 1.29 is 23.5 Å². The summed E-state index contributed by atoms with van der Waals surface area (Å²) in [6.07, 6.45) is -0.112. The summed E-state index contributed by atoms with van der Waals surface area (Å²) < 4.78 is 24.7. The summed E-state index contributed by atoms with van der Waals surface area (Å²) in [6, 6.07) is 9.91. The lowest BCUT2D eigenvalue weighted by molar-refractivity contribution is 0.0281. The molecule has 33 heavy (non-hydrogen) atoms. The largest absolute Gasteiger partial charge is 0.491 e. The van der Waals surface area contributed by atoms with Crippen LogP contribution in [0.4, 0.5) is 20.6 Å². The molecule has 3 N–H and O–H groups in total. The van der Waals surface area contributed by atoms with Crippen molar-refractivity contribution in [2.24, 2.45) is 5.92 Å². The van der Waals surface area contributed by atoms with E-state index in [2.05, 4.69) is 22.9 Å². The lowest BCUT2D eigenvalue weighted by Gasteiger charge is -2.30. The van der Waals surface area contributed by atoms with Gasteiger partial charge in [-0.15, -0.1) is 0 Å². The number of amides is 3. The highest BCUT2D eigenvalue weighted by atomic mass is 19.1. The molecule has 3 atom stereocenters. The number of urea groups is 1. The maximum absolute atomic E-state index is 13.1. The zero-order chi connectivity index (χ0) is 24.0. The zero-order valence-corrected chi connectivity index (χ0v) is 19.4. The van der Waals surface area contributed by atoms with Gasteiger partial charge in [-0.1, -0.05) is 6.92 Å². The molecule has 0 unspecified atom stereocenters. The van der Waals surface area contributed by atoms with Gasteiger partial charge in [-0.25, -0.2) is 9.18 Å². The number of hydrogen-bond donors (Lipinski definition) is 3. The number of halogens is 1. The van der Waals surface area contributed by atoms with E-state index in [0.29, 0.717) is 35.8 Å². The van der Waals surface area contributed by atoms with Crippen molar-refractivity contribution in [1.29, 1.82) is 0 Å². The van der Waals surface area contributed by atoms with Gasteiger partial charge in [-0.05, 0) is 49.2 Å². The van der Waals surface area contributed by atoms with E-state index in [0.717, 1.165) is 6.54 Å². The number of likely N-dealkylation sites (N-methyl/N-ethyl adjacent to an activating group) is 1. The van der Waals surface area contributed by atoms with Gasteiger partial charge in [0.05, 0.1) is 11.7 Å². The van der Waals surface area contributed by atoms with Crippen LogP contribution in [-0.2, 0) is 4.74 Å². The maximum atomic E-state index is 13.1. The van der Waals surface area contributed by atoms with Crippen molar-refractivity contribution in [2.45, 2.75) is 26.0 Å². The number of ether oxygens (including phenoxy) is 2. The number of benzene rings is 2. The van der Waals surface area contributed by atoms with Crippen molar-refractivity contribution >= 4 is 23.3 Å². The number of carbonyl (C=O) groups is 2. The van der Waals surface area contributed by atoms with E-state index in [9.17, 15) is 14.0 Å². The van der Waals surface area contributed by atoms with Crippen LogP contribution >= 0.6 is 0 Å². The van der Waals surface area contributed by atoms with Gasteiger partial charge in [0.15, 0.2) is 0 Å². The molecule has 0 bridgehead atoms. The van der Waals surface area contributed by atoms with Crippen molar-refractivity contribution in [3.8, 4) is 5.75 Å². The fraction of sp³-hybridized carbons (Fsp3) is 0.417. The van der Waals surface area contributed by atoms with E-state index >= 15 is 0 Å². The molecule has 1 heterocycles. The van der Waals surface area contributed by atoms with Crippen LogP contribution in [0.15, 0.2) is 42.5 Å². The van der Waals surface area contributed by atoms with E-state index in [1.807, 2.05) is 6.92 Å². The number of anilines is 2. The minimum absolute atomic E-state index is 0.0449. The number of rotatable bonds is 3. The van der Waals surface area contributed by atoms with E-state index in [1.165, 1.54) is 24.3 Å². The summed E-state index contributed by atoms with van der Waals surface area (Å²) >= 11 is 0. The Morgan fingerprint density at radius 2 is 1.82 bits per heavy atom. The first-order valence-electron chi connectivity index (χ1n) is 10.9. The van der Waals surface area contributed by atoms with Crippen LogP contribution in [0, 0.1) is 11.7 Å². The van der Waals surface area contributed by atoms with Gasteiger partial charge in [0.25, 0.3) is 5.91 Å². The first kappa shape index (κ1) is 24.5. The summed E-state index contributed by atoms with van der Waals surface area (Å²) in [5.41, 5.74) is 1.31. The normalized spacial score (nSPS) is 21.8. The highest BCUT2D eigenvalue weighted by Crippen LogP contribution is 2.26. The lowest BCUT2D eigenvalue weighted by Crippen LogP contribution is -2.44. The molecule has 0 spiro atoms. The molecule has 9 heteroatoms. The van der Waals surface area contributed by atoms with Crippen LogP contribution in [0.2, 0.25) is 0 Å². The van der Waals surface area contributed by atoms with Gasteiger partial charge < -0.3 is 30.3 Å². The number of nitrogens with one attached hydrogen (secondary N) is 3. The molecule has 3 rings (SSSR count). The van der Waals surface area contributed by atoms with Crippen molar-refractivity contribution in [3.05, 3.63) is 53.8 Å². The predicted octanol–water partition coefficient (Wildman–Crippen LogP) is 3.56. The van der Waals surface area contributed by atoms with Crippen LogP contribution in [0.5, 0.6) is 5.75 Å². The summed E-state index contributed by atoms with van der Waals surface area (Å²) in [4.78, 5) is 27.1. The molecule has 1 aliphatic rings. The summed E-state index contributed by atoms with van der Waals surface area (Å²) in [6.45, 7) is 5.60. The van der Waals surface area contributed by atoms with Crippen LogP contribution < -0.4 is 20.7 Å². The predicted molar refractivity (Wildman–Crippen MR) is 125 cm³/mol. The molecule has 178 valence electrons. The van der Waals surface area contributed by atoms with E-state index in [-0.39, 0.29) is 29.8 Å². The summed E-state index contributed by atoms with van der Waals surface area (Å²) in [5, 5.41) is 8.79. The molecule has 1 aliphatic heterocycles. The molecule has 2 aromatic carbocycles. The van der Waals surface area contributed by atoms with Gasteiger partial charge in [-0.2, -0.15) is 0 Å². The van der Waals surface area contributed by atoms with Crippen LogP contribution in [0.25, 0.3) is 0 Å². The third-order valence-electron chi connectivity index (χ3n) is 5.59. The second-order valence-electron chi connectivity index (χ2n) is 8.35. The molecule has 2 aromatic rings. The van der Waals surface area contributed by atoms with Gasteiger partial charge in [0.2, 0.25) is 0 Å². The van der Waals surface area contributed by atoms with Gasteiger partial charge in [0.1, 0.15) is 18.2 Å². The highest BCUT2D eigenvalue weighted by Gasteiger charge is 2.25. The summed E-state index contributed by atoms with van der Waals surface area (Å²) in [7, 11) is 3.38. The molecule has 3 amide bonds. The van der Waals surface area contributed by atoms with Crippen molar-refractivity contribution in [1.82, 2.24) is 10.2 Å². The minimum atomic E-state index is -0.495. The van der Waals surface area contributed by atoms with Gasteiger partial charge in [0, 0.05) is 50.7 Å². The quantitative estimate of drug-likeness (QED) is 0.654. The first-order chi connectivity index (χ1) is 15.8. The molecule has 0 aromatic heterocycles. The topological polar surface area (TPSA) is 91.9 Å². The second kappa shape index (κ2) is 11.1. The Labute approximate surface area is 193 Å². The molecular formula is C24H31FN4O4. The fourth-order valence-electron chi connectivity index (χ4n) is 3.56. The summed E-state index contributed by atoms with van der Waals surface area (Å²) in [5.74, 6) is 0.00541. The van der Waals surface area contributed by atoms with Gasteiger partial charge >= 0.3 is 6.03 Å². The van der Waals surface area contributed by atoms with Crippen LogP contribution in [0.3, 0.4) is 0 Å². The number of hydrogen-bond acceptors (Lipinski definition) is 5. The van der Waals surface area contributed by atoms with Crippen molar-refractivity contribution in [3.63, 3.8) is 0 Å². The Bertz CT molecular complexity index is 969. The second-order valence-corrected chi connectivity index (χ2v) is 8.35. The maximum Gasteiger partial charge on any atom is 0.323 e. The van der Waals surface area contributed by atoms with Crippen molar-refractivity contribution in [2.75, 3.05) is 44.5 Å². The third kappa shape index (κ3) is 6.66. The molecule has 0 saturated carbocycles. The molecule has 0 radical (unpaired) electrons. The standard InChI is InChI=1S/C24H31FN4O4/c1-15-12-26-16(2)14-33-21-11-19(28-24(31)27-18-7-5-17(25)6-8-18)9-10-20(21)23(30)29(3)13-22(15)32-4/h5-11,15-16,22,26H,12-14H2,1-4H3,(H2,27,28,31)/t15-,16+,22+/m0/s1. The molecule has 8 nitrogen and oxygen atoms in total. The van der Waals surface area contributed by atoms with Crippen LogP contribution in [0.1, 0.15) is 24.2 Å². The average molecular weight is 459 g/mol. The number of nitrogens with zero attached hydrogens (tertiary/aromatic N) is 1. The third-order valence-corrected chi connectivity index (χ3v) is 5.59. The Hall–Kier alpha value is -3.17. The number of fused-ring (bicyclic) bond motifs is 1. The Morgan fingerprint density at radius 3 is 2.52 bits per heavy atom. The van der Waals surface area contributed by atoms with E-state index in [1.54, 1.807) is 37.3 Å².